The summed E-state index contributed by atoms with van der Waals surface area (Å²) in [6.07, 6.45) is -3.15. The van der Waals surface area contributed by atoms with Gasteiger partial charge in [-0.25, -0.2) is 8.78 Å². The van der Waals surface area contributed by atoms with Gasteiger partial charge in [-0.1, -0.05) is 0 Å². The Morgan fingerprint density at radius 3 is 2.71 bits per heavy atom. The van der Waals surface area contributed by atoms with E-state index >= 15 is 0 Å². The fourth-order valence-electron chi connectivity index (χ4n) is 1.36. The number of alkyl halides is 2. The van der Waals surface area contributed by atoms with Crippen molar-refractivity contribution in [3.8, 4) is 0 Å². The molecule has 0 unspecified atom stereocenters. The molecule has 7 heteroatoms. The topological polar surface area (TPSA) is 91.2 Å². The maximum Gasteiger partial charge on any atom is 0.310 e. The summed E-state index contributed by atoms with van der Waals surface area (Å²) in [6, 6.07) is 1.38. The van der Waals surface area contributed by atoms with Crippen LogP contribution in [0.4, 0.5) is 14.5 Å². The van der Waals surface area contributed by atoms with Gasteiger partial charge in [0.25, 0.3) is 6.43 Å². The average Bonchev–Trinajstić information content (AvgIpc) is 2.30. The number of carbonyl (C=O) groups is 1. The van der Waals surface area contributed by atoms with Crippen molar-refractivity contribution in [2.24, 2.45) is 5.73 Å². The molecule has 1 aromatic heterocycles. The summed E-state index contributed by atoms with van der Waals surface area (Å²) in [5, 5.41) is 0. The predicted octanol–water partition coefficient (Wildman–Crippen LogP) is 0.776. The number of rotatable bonds is 4. The molecule has 0 fully saturated rings. The summed E-state index contributed by atoms with van der Waals surface area (Å²) in [4.78, 5) is 14.8. The number of hydrogen-bond acceptors (Lipinski definition) is 5. The smallest absolute Gasteiger partial charge is 0.310 e. The molecule has 94 valence electrons. The van der Waals surface area contributed by atoms with E-state index in [0.29, 0.717) is 0 Å². The van der Waals surface area contributed by atoms with Gasteiger partial charge < -0.3 is 16.2 Å². The van der Waals surface area contributed by atoms with Crippen molar-refractivity contribution in [2.75, 3.05) is 12.8 Å². The van der Waals surface area contributed by atoms with E-state index in [1.165, 1.54) is 13.2 Å². The molecule has 0 amide bonds. The summed E-state index contributed by atoms with van der Waals surface area (Å²) in [6.45, 7) is 0.00240. The molecule has 5 nitrogen and oxygen atoms in total. The predicted molar refractivity (Wildman–Crippen MR) is 57.2 cm³/mol. The van der Waals surface area contributed by atoms with Gasteiger partial charge in [-0.3, -0.25) is 9.78 Å². The maximum atomic E-state index is 12.8. The van der Waals surface area contributed by atoms with Gasteiger partial charge >= 0.3 is 5.97 Å². The van der Waals surface area contributed by atoms with Crippen LogP contribution in [-0.2, 0) is 22.5 Å². The van der Waals surface area contributed by atoms with Crippen LogP contribution in [0.1, 0.15) is 23.4 Å². The van der Waals surface area contributed by atoms with Gasteiger partial charge in [0.15, 0.2) is 0 Å². The minimum Gasteiger partial charge on any atom is -0.469 e. The highest BCUT2D eigenvalue weighted by Crippen LogP contribution is 2.26. The zero-order chi connectivity index (χ0) is 13.0. The molecule has 0 radical (unpaired) electrons. The molecule has 0 aliphatic heterocycles. The lowest BCUT2D eigenvalue weighted by molar-refractivity contribution is -0.139. The van der Waals surface area contributed by atoms with E-state index in [2.05, 4.69) is 9.72 Å². The Kier molecular flexibility index (Phi) is 4.33. The van der Waals surface area contributed by atoms with Crippen LogP contribution in [0.25, 0.3) is 0 Å². The molecule has 0 bridgehead atoms. The Balaban J connectivity index is 3.21. The number of nitrogen functional groups attached to an aromatic ring is 1. The number of hydrogen-bond donors (Lipinski definition) is 2. The number of aromatic nitrogens is 1. The van der Waals surface area contributed by atoms with Crippen molar-refractivity contribution in [1.29, 1.82) is 0 Å². The van der Waals surface area contributed by atoms with Gasteiger partial charge in [0, 0.05) is 17.8 Å². The fraction of sp³-hybridized carbons (Fsp3) is 0.400. The summed E-state index contributed by atoms with van der Waals surface area (Å²) in [5.41, 5.74) is 10.7. The number of pyridine rings is 1. The Hall–Kier alpha value is -1.76. The molecule has 17 heavy (non-hydrogen) atoms. The lowest BCUT2D eigenvalue weighted by atomic mass is 10.1. The molecule has 0 aliphatic carbocycles. The Morgan fingerprint density at radius 1 is 1.59 bits per heavy atom. The molecule has 0 aromatic carbocycles. The van der Waals surface area contributed by atoms with E-state index in [4.69, 9.17) is 11.5 Å². The van der Waals surface area contributed by atoms with Gasteiger partial charge in [0.05, 0.1) is 19.2 Å². The van der Waals surface area contributed by atoms with Crippen LogP contribution in [0.3, 0.4) is 0 Å². The number of anilines is 1. The Bertz CT molecular complexity index is 424. The summed E-state index contributed by atoms with van der Waals surface area (Å²) in [5.74, 6) is -0.652. The third kappa shape index (κ3) is 3.10. The molecule has 0 atom stereocenters. The van der Waals surface area contributed by atoms with E-state index < -0.39 is 18.1 Å². The molecule has 0 saturated carbocycles. The van der Waals surface area contributed by atoms with E-state index in [1.807, 2.05) is 0 Å². The van der Waals surface area contributed by atoms with Crippen molar-refractivity contribution < 1.29 is 18.3 Å². The first kappa shape index (κ1) is 13.3. The molecular formula is C10H13F2N3O2. The molecule has 0 aliphatic rings. The van der Waals surface area contributed by atoms with Crippen LogP contribution in [0.5, 0.6) is 0 Å². The molecule has 0 saturated heterocycles. The van der Waals surface area contributed by atoms with Crippen molar-refractivity contribution in [2.45, 2.75) is 19.4 Å². The van der Waals surface area contributed by atoms with Crippen LogP contribution in [-0.4, -0.2) is 18.1 Å². The van der Waals surface area contributed by atoms with Crippen molar-refractivity contribution in [1.82, 2.24) is 4.98 Å². The zero-order valence-electron chi connectivity index (χ0n) is 9.24. The van der Waals surface area contributed by atoms with E-state index in [9.17, 15) is 13.6 Å². The molecule has 1 heterocycles. The van der Waals surface area contributed by atoms with E-state index in [0.717, 1.165) is 0 Å². The summed E-state index contributed by atoms with van der Waals surface area (Å²) >= 11 is 0. The standard InChI is InChI=1S/C10H13F2N3O2/c1-17-8(16)3-6-7(14)2-5(4-13)15-9(6)10(11)12/h2,10H,3-4,13H2,1H3,(H2,14,15). The van der Waals surface area contributed by atoms with Crippen LogP contribution in [0.15, 0.2) is 6.07 Å². The zero-order valence-corrected chi connectivity index (χ0v) is 9.24. The first-order valence-corrected chi connectivity index (χ1v) is 4.82. The van der Waals surface area contributed by atoms with Crippen LogP contribution >= 0.6 is 0 Å². The van der Waals surface area contributed by atoms with Crippen LogP contribution in [0.2, 0.25) is 0 Å². The van der Waals surface area contributed by atoms with Crippen molar-refractivity contribution in [3.63, 3.8) is 0 Å². The first-order valence-electron chi connectivity index (χ1n) is 4.82. The SMILES string of the molecule is COC(=O)Cc1c(N)cc(CN)nc1C(F)F. The van der Waals surface area contributed by atoms with Gasteiger partial charge in [0.2, 0.25) is 0 Å². The van der Waals surface area contributed by atoms with Gasteiger partial charge in [-0.2, -0.15) is 0 Å². The third-order valence-electron chi connectivity index (χ3n) is 2.21. The third-order valence-corrected chi connectivity index (χ3v) is 2.21. The lowest BCUT2D eigenvalue weighted by Crippen LogP contribution is -2.13. The fourth-order valence-corrected chi connectivity index (χ4v) is 1.36. The van der Waals surface area contributed by atoms with E-state index in [1.54, 1.807) is 0 Å². The molecular weight excluding hydrogens is 232 g/mol. The summed E-state index contributed by atoms with van der Waals surface area (Å²) in [7, 11) is 1.17. The van der Waals surface area contributed by atoms with Crippen molar-refractivity contribution >= 4 is 11.7 Å². The Labute approximate surface area is 96.8 Å². The molecule has 1 rings (SSSR count). The van der Waals surface area contributed by atoms with Crippen LogP contribution < -0.4 is 11.5 Å². The number of ether oxygens (including phenoxy) is 1. The van der Waals surface area contributed by atoms with Gasteiger partial charge in [-0.05, 0) is 6.07 Å². The molecule has 0 spiro atoms. The average molecular weight is 245 g/mol. The minimum absolute atomic E-state index is 0.00240. The number of nitrogens with two attached hydrogens (primary N) is 2. The lowest BCUT2D eigenvalue weighted by Gasteiger charge is -2.12. The number of halogens is 2. The monoisotopic (exact) mass is 245 g/mol. The number of carbonyl (C=O) groups excluding carboxylic acids is 1. The van der Waals surface area contributed by atoms with Gasteiger partial charge in [-0.15, -0.1) is 0 Å². The number of esters is 1. The van der Waals surface area contributed by atoms with E-state index in [-0.39, 0.29) is 29.9 Å². The highest BCUT2D eigenvalue weighted by molar-refractivity contribution is 5.75. The van der Waals surface area contributed by atoms with Gasteiger partial charge in [0.1, 0.15) is 5.69 Å². The molecule has 1 aromatic rings. The maximum absolute atomic E-state index is 12.8. The molecule has 4 N–H and O–H groups in total. The Morgan fingerprint density at radius 2 is 2.24 bits per heavy atom. The number of methoxy groups -OCH3 is 1. The largest absolute Gasteiger partial charge is 0.469 e. The quantitative estimate of drug-likeness (QED) is 0.765. The highest BCUT2D eigenvalue weighted by atomic mass is 19.3. The highest BCUT2D eigenvalue weighted by Gasteiger charge is 2.20. The second-order valence-corrected chi connectivity index (χ2v) is 3.32. The van der Waals surface area contributed by atoms with Crippen molar-refractivity contribution in [3.05, 3.63) is 23.0 Å². The summed E-state index contributed by atoms with van der Waals surface area (Å²) < 4.78 is 29.9. The normalized spacial score (nSPS) is 10.6. The minimum atomic E-state index is -2.82. The second-order valence-electron chi connectivity index (χ2n) is 3.32. The van der Waals surface area contributed by atoms with Crippen LogP contribution in [0, 0.1) is 0 Å². The number of nitrogens with zero attached hydrogens (tertiary/aromatic N) is 1. The second kappa shape index (κ2) is 5.53. The first-order chi connectivity index (χ1) is 7.99.